The van der Waals surface area contributed by atoms with Crippen molar-refractivity contribution in [3.8, 4) is 0 Å². The summed E-state index contributed by atoms with van der Waals surface area (Å²) in [5.41, 5.74) is 1.08. The van der Waals surface area contributed by atoms with Gasteiger partial charge in [-0.15, -0.1) is 0 Å². The van der Waals surface area contributed by atoms with Crippen molar-refractivity contribution in [2.45, 2.75) is 0 Å². The van der Waals surface area contributed by atoms with Crippen molar-refractivity contribution in [2.75, 3.05) is 0 Å². The summed E-state index contributed by atoms with van der Waals surface area (Å²) in [4.78, 5) is 3.88. The molecule has 0 aliphatic rings. The summed E-state index contributed by atoms with van der Waals surface area (Å²) in [5, 5.41) is 4.17. The van der Waals surface area contributed by atoms with Gasteiger partial charge in [-0.05, 0) is 5.56 Å². The van der Waals surface area contributed by atoms with Crippen molar-refractivity contribution in [1.29, 1.82) is 0 Å². The first kappa shape index (κ1) is 7.73. The molecule has 0 unspecified atom stereocenters. The van der Waals surface area contributed by atoms with E-state index in [2.05, 4.69) is 10.1 Å². The van der Waals surface area contributed by atoms with Gasteiger partial charge in [-0.2, -0.15) is 5.10 Å². The van der Waals surface area contributed by atoms with Gasteiger partial charge in [-0.25, -0.2) is 9.66 Å². The van der Waals surface area contributed by atoms with Crippen LogP contribution in [0, 0.1) is 0 Å². The minimum absolute atomic E-state index is 1.08. The van der Waals surface area contributed by atoms with Crippen LogP contribution in [0.15, 0.2) is 54.2 Å². The minimum Gasteiger partial charge on any atom is -0.243 e. The maximum atomic E-state index is 4.17. The molecule has 2 rings (SSSR count). The average Bonchev–Trinajstić information content (AvgIpc) is 2.69. The maximum Gasteiger partial charge on any atom is 0.116 e. The van der Waals surface area contributed by atoms with Crippen LogP contribution < -0.4 is 0 Å². The van der Waals surface area contributed by atoms with E-state index in [0.29, 0.717) is 0 Å². The van der Waals surface area contributed by atoms with Crippen LogP contribution >= 0.6 is 0 Å². The molecule has 3 nitrogen and oxygen atoms in total. The Bertz CT molecular complexity index is 376. The SMILES string of the molecule is C(=N\n1ccnc1)/c1ccccc1. The topological polar surface area (TPSA) is 30.2 Å². The van der Waals surface area contributed by atoms with Gasteiger partial charge in [-0.3, -0.25) is 0 Å². The van der Waals surface area contributed by atoms with Gasteiger partial charge in [0, 0.05) is 12.4 Å². The van der Waals surface area contributed by atoms with Gasteiger partial charge in [0.2, 0.25) is 0 Å². The van der Waals surface area contributed by atoms with E-state index in [1.807, 2.05) is 30.3 Å². The number of nitrogens with zero attached hydrogens (tertiary/aromatic N) is 3. The summed E-state index contributed by atoms with van der Waals surface area (Å²) in [7, 11) is 0. The lowest BCUT2D eigenvalue weighted by molar-refractivity contribution is 0.882. The standard InChI is InChI=1S/C10H9N3/c1-2-4-10(5-3-1)8-12-13-7-6-11-9-13/h1-9H/b12-8+. The molecule has 0 amide bonds. The molecule has 0 bridgehead atoms. The highest BCUT2D eigenvalue weighted by Gasteiger charge is 1.84. The molecule has 3 heteroatoms. The third-order valence-electron chi connectivity index (χ3n) is 1.63. The van der Waals surface area contributed by atoms with Crippen molar-refractivity contribution in [3.05, 3.63) is 54.6 Å². The zero-order valence-corrected chi connectivity index (χ0v) is 7.04. The largest absolute Gasteiger partial charge is 0.243 e. The number of benzene rings is 1. The smallest absolute Gasteiger partial charge is 0.116 e. The van der Waals surface area contributed by atoms with Gasteiger partial charge < -0.3 is 0 Å². The Hall–Kier alpha value is -1.90. The lowest BCUT2D eigenvalue weighted by Crippen LogP contribution is -1.85. The number of imidazole rings is 1. The molecule has 2 aromatic rings. The number of aromatic nitrogens is 2. The van der Waals surface area contributed by atoms with Crippen molar-refractivity contribution in [1.82, 2.24) is 9.66 Å². The molecule has 0 aliphatic carbocycles. The zero-order valence-electron chi connectivity index (χ0n) is 7.04. The minimum atomic E-state index is 1.08. The number of hydrogen-bond donors (Lipinski definition) is 0. The normalized spacial score (nSPS) is 10.8. The number of hydrogen-bond acceptors (Lipinski definition) is 2. The predicted octanol–water partition coefficient (Wildman–Crippen LogP) is 1.77. The fourth-order valence-corrected chi connectivity index (χ4v) is 0.993. The molecule has 64 valence electrons. The molecular weight excluding hydrogens is 162 g/mol. The van der Waals surface area contributed by atoms with Gasteiger partial charge in [0.05, 0.1) is 6.21 Å². The molecule has 0 atom stereocenters. The maximum absolute atomic E-state index is 4.17. The molecule has 0 spiro atoms. The molecule has 0 saturated heterocycles. The van der Waals surface area contributed by atoms with Crippen LogP contribution in [0.25, 0.3) is 0 Å². The fraction of sp³-hybridized carbons (Fsp3) is 0. The Kier molecular flexibility index (Phi) is 2.18. The number of rotatable bonds is 2. The molecule has 0 radical (unpaired) electrons. The Labute approximate surface area is 76.4 Å². The highest BCUT2D eigenvalue weighted by atomic mass is 15.3. The van der Waals surface area contributed by atoms with E-state index in [0.717, 1.165) is 5.56 Å². The van der Waals surface area contributed by atoms with Gasteiger partial charge in [-0.1, -0.05) is 30.3 Å². The van der Waals surface area contributed by atoms with Crippen LogP contribution in [-0.2, 0) is 0 Å². The van der Waals surface area contributed by atoms with Crippen molar-refractivity contribution in [2.24, 2.45) is 5.10 Å². The van der Waals surface area contributed by atoms with Gasteiger partial charge in [0.25, 0.3) is 0 Å². The average molecular weight is 171 g/mol. The molecule has 0 N–H and O–H groups in total. The molecule has 1 aromatic heterocycles. The second kappa shape index (κ2) is 3.67. The third kappa shape index (κ3) is 2.02. The molecule has 1 heterocycles. The molecule has 13 heavy (non-hydrogen) atoms. The summed E-state index contributed by atoms with van der Waals surface area (Å²) < 4.78 is 1.66. The monoisotopic (exact) mass is 171 g/mol. The van der Waals surface area contributed by atoms with E-state index in [1.165, 1.54) is 0 Å². The fourth-order valence-electron chi connectivity index (χ4n) is 0.993. The van der Waals surface area contributed by atoms with Crippen LogP contribution in [0.5, 0.6) is 0 Å². The highest BCUT2D eigenvalue weighted by molar-refractivity contribution is 5.79. The first-order chi connectivity index (χ1) is 6.45. The molecular formula is C10H9N3. The van der Waals surface area contributed by atoms with E-state index < -0.39 is 0 Å². The van der Waals surface area contributed by atoms with Gasteiger partial charge in [0.15, 0.2) is 0 Å². The Morgan fingerprint density at radius 2 is 2.08 bits per heavy atom. The van der Waals surface area contributed by atoms with Crippen molar-refractivity contribution < 1.29 is 0 Å². The molecule has 1 aromatic carbocycles. The highest BCUT2D eigenvalue weighted by Crippen LogP contribution is 1.94. The van der Waals surface area contributed by atoms with Crippen LogP contribution in [0.2, 0.25) is 0 Å². The van der Waals surface area contributed by atoms with Crippen molar-refractivity contribution in [3.63, 3.8) is 0 Å². The van der Waals surface area contributed by atoms with Crippen LogP contribution in [0.4, 0.5) is 0 Å². The van der Waals surface area contributed by atoms with Crippen LogP contribution in [0.1, 0.15) is 5.56 Å². The Morgan fingerprint density at radius 3 is 2.77 bits per heavy atom. The Morgan fingerprint density at radius 1 is 1.23 bits per heavy atom. The summed E-state index contributed by atoms with van der Waals surface area (Å²) in [6.45, 7) is 0. The first-order valence-electron chi connectivity index (χ1n) is 4.02. The van der Waals surface area contributed by atoms with E-state index in [-0.39, 0.29) is 0 Å². The summed E-state index contributed by atoms with van der Waals surface area (Å²) >= 11 is 0. The second-order valence-electron chi connectivity index (χ2n) is 2.60. The third-order valence-corrected chi connectivity index (χ3v) is 1.63. The van der Waals surface area contributed by atoms with E-state index in [4.69, 9.17) is 0 Å². The van der Waals surface area contributed by atoms with Gasteiger partial charge >= 0.3 is 0 Å². The second-order valence-corrected chi connectivity index (χ2v) is 2.60. The first-order valence-corrected chi connectivity index (χ1v) is 4.02. The lowest BCUT2D eigenvalue weighted by atomic mass is 10.2. The predicted molar refractivity (Wildman–Crippen MR) is 51.7 cm³/mol. The summed E-state index contributed by atoms with van der Waals surface area (Å²) in [5.74, 6) is 0. The lowest BCUT2D eigenvalue weighted by Gasteiger charge is -1.91. The summed E-state index contributed by atoms with van der Waals surface area (Å²) in [6.07, 6.45) is 6.93. The van der Waals surface area contributed by atoms with E-state index >= 15 is 0 Å². The Balaban J connectivity index is 2.15. The summed E-state index contributed by atoms with van der Waals surface area (Å²) in [6, 6.07) is 9.94. The van der Waals surface area contributed by atoms with Crippen LogP contribution in [0.3, 0.4) is 0 Å². The molecule has 0 fully saturated rings. The van der Waals surface area contributed by atoms with E-state index in [1.54, 1.807) is 29.6 Å². The molecule has 0 saturated carbocycles. The molecule has 0 aliphatic heterocycles. The quantitative estimate of drug-likeness (QED) is 0.633. The zero-order chi connectivity index (χ0) is 8.93. The van der Waals surface area contributed by atoms with Gasteiger partial charge in [0.1, 0.15) is 6.33 Å². The van der Waals surface area contributed by atoms with E-state index in [9.17, 15) is 0 Å². The van der Waals surface area contributed by atoms with Crippen LogP contribution in [-0.4, -0.2) is 15.9 Å². The van der Waals surface area contributed by atoms with Crippen molar-refractivity contribution >= 4 is 6.21 Å².